The monoisotopic (exact) mass is 402 g/mol. The van der Waals surface area contributed by atoms with E-state index in [4.69, 9.17) is 4.42 Å². The predicted molar refractivity (Wildman–Crippen MR) is 109 cm³/mol. The van der Waals surface area contributed by atoms with Crippen molar-refractivity contribution in [3.8, 4) is 0 Å². The molecule has 0 aliphatic carbocycles. The summed E-state index contributed by atoms with van der Waals surface area (Å²) in [5, 5.41) is 0. The maximum absolute atomic E-state index is 13.3. The van der Waals surface area contributed by atoms with E-state index in [0.717, 1.165) is 5.56 Å². The number of oxazole rings is 1. The Bertz CT molecular complexity index is 1070. The van der Waals surface area contributed by atoms with Gasteiger partial charge in [-0.25, -0.2) is 4.98 Å². The Hall–Kier alpha value is -3.48. The van der Waals surface area contributed by atoms with Crippen LogP contribution in [0.4, 0.5) is 0 Å². The first-order valence-electron chi connectivity index (χ1n) is 10.1. The molecule has 2 fully saturated rings. The van der Waals surface area contributed by atoms with Crippen LogP contribution in [0.3, 0.4) is 0 Å². The van der Waals surface area contributed by atoms with Gasteiger partial charge < -0.3 is 14.2 Å². The maximum atomic E-state index is 13.3. The molecule has 0 spiro atoms. The number of rotatable bonds is 3. The Morgan fingerprint density at radius 1 is 0.967 bits per heavy atom. The smallest absolute Gasteiger partial charge is 0.276 e. The zero-order valence-corrected chi connectivity index (χ0v) is 16.6. The molecule has 152 valence electrons. The fourth-order valence-corrected chi connectivity index (χ4v) is 4.79. The van der Waals surface area contributed by atoms with Crippen LogP contribution in [0.2, 0.25) is 0 Å². The van der Waals surface area contributed by atoms with Gasteiger partial charge in [-0.3, -0.25) is 14.6 Å². The van der Waals surface area contributed by atoms with Crippen LogP contribution in [0, 0.1) is 18.8 Å². The first kappa shape index (κ1) is 18.5. The fourth-order valence-electron chi connectivity index (χ4n) is 4.79. The third-order valence-electron chi connectivity index (χ3n) is 6.18. The van der Waals surface area contributed by atoms with E-state index < -0.39 is 0 Å². The molecule has 1 aromatic carbocycles. The van der Waals surface area contributed by atoms with Gasteiger partial charge in [0.15, 0.2) is 12.1 Å². The Labute approximate surface area is 174 Å². The number of pyridine rings is 1. The standard InChI is InChI=1S/C23H22N4O3/c1-15-20(25-14-30-15)23(29)26-11-17-12-27(22(28)19-9-5-6-10-24-19)21(18(17)13-26)16-7-3-2-4-8-16/h2-10,14,17-18,21H,11-13H2,1H3/t17-,18-,21+/m0/s1. The third-order valence-corrected chi connectivity index (χ3v) is 6.18. The molecule has 30 heavy (non-hydrogen) atoms. The van der Waals surface area contributed by atoms with E-state index in [1.165, 1.54) is 6.39 Å². The number of amides is 2. The Kier molecular flexibility index (Phi) is 4.58. The zero-order chi connectivity index (χ0) is 20.7. The first-order valence-corrected chi connectivity index (χ1v) is 10.1. The van der Waals surface area contributed by atoms with Crippen LogP contribution in [0.15, 0.2) is 65.5 Å². The number of carbonyl (C=O) groups excluding carboxylic acids is 2. The molecule has 2 saturated heterocycles. The average molecular weight is 402 g/mol. The molecule has 3 atom stereocenters. The molecule has 7 heteroatoms. The molecule has 0 unspecified atom stereocenters. The number of benzene rings is 1. The molecule has 0 N–H and O–H groups in total. The number of aromatic nitrogens is 2. The van der Waals surface area contributed by atoms with Crippen molar-refractivity contribution in [2.45, 2.75) is 13.0 Å². The molecule has 0 bridgehead atoms. The van der Waals surface area contributed by atoms with Gasteiger partial charge in [0.25, 0.3) is 11.8 Å². The highest BCUT2D eigenvalue weighted by Gasteiger charge is 2.50. The van der Waals surface area contributed by atoms with Crippen molar-refractivity contribution in [3.05, 3.63) is 83.8 Å². The van der Waals surface area contributed by atoms with Gasteiger partial charge in [-0.1, -0.05) is 36.4 Å². The molecule has 7 nitrogen and oxygen atoms in total. The highest BCUT2D eigenvalue weighted by atomic mass is 16.3. The minimum absolute atomic E-state index is 0.0657. The predicted octanol–water partition coefficient (Wildman–Crippen LogP) is 2.96. The molecule has 2 aliphatic heterocycles. The van der Waals surface area contributed by atoms with E-state index in [2.05, 4.69) is 22.1 Å². The van der Waals surface area contributed by atoms with E-state index in [9.17, 15) is 9.59 Å². The number of likely N-dealkylation sites (tertiary alicyclic amines) is 2. The maximum Gasteiger partial charge on any atom is 0.276 e. The van der Waals surface area contributed by atoms with Gasteiger partial charge in [-0.05, 0) is 24.6 Å². The minimum Gasteiger partial charge on any atom is -0.448 e. The summed E-state index contributed by atoms with van der Waals surface area (Å²) in [5.74, 6) is 0.730. The summed E-state index contributed by atoms with van der Waals surface area (Å²) in [6.45, 7) is 3.53. The first-order chi connectivity index (χ1) is 14.6. The van der Waals surface area contributed by atoms with Gasteiger partial charge in [0.2, 0.25) is 0 Å². The van der Waals surface area contributed by atoms with Gasteiger partial charge in [0.1, 0.15) is 11.5 Å². The van der Waals surface area contributed by atoms with Crippen molar-refractivity contribution >= 4 is 11.8 Å². The second-order valence-electron chi connectivity index (χ2n) is 7.92. The number of hydrogen-bond acceptors (Lipinski definition) is 5. The summed E-state index contributed by atoms with van der Waals surface area (Å²) >= 11 is 0. The van der Waals surface area contributed by atoms with Crippen LogP contribution in [0.25, 0.3) is 0 Å². The molecular weight excluding hydrogens is 380 g/mol. The number of nitrogens with zero attached hydrogens (tertiary/aromatic N) is 4. The van der Waals surface area contributed by atoms with Crippen LogP contribution < -0.4 is 0 Å². The summed E-state index contributed by atoms with van der Waals surface area (Å²) in [7, 11) is 0. The second-order valence-corrected chi connectivity index (χ2v) is 7.92. The van der Waals surface area contributed by atoms with E-state index in [1.54, 1.807) is 25.3 Å². The van der Waals surface area contributed by atoms with Crippen LogP contribution in [-0.4, -0.2) is 51.2 Å². The van der Waals surface area contributed by atoms with Gasteiger partial charge in [0.05, 0.1) is 6.04 Å². The lowest BCUT2D eigenvalue weighted by molar-refractivity contribution is 0.0670. The van der Waals surface area contributed by atoms with Gasteiger partial charge in [0, 0.05) is 37.7 Å². The fraction of sp³-hybridized carbons (Fsp3) is 0.304. The zero-order valence-electron chi connectivity index (χ0n) is 16.6. The van der Waals surface area contributed by atoms with Crippen molar-refractivity contribution in [2.75, 3.05) is 19.6 Å². The lowest BCUT2D eigenvalue weighted by atomic mass is 9.89. The number of hydrogen-bond donors (Lipinski definition) is 0. The Morgan fingerprint density at radius 2 is 1.77 bits per heavy atom. The van der Waals surface area contributed by atoms with E-state index in [1.807, 2.05) is 34.1 Å². The molecule has 2 amide bonds. The van der Waals surface area contributed by atoms with Crippen LogP contribution in [0.1, 0.15) is 38.3 Å². The summed E-state index contributed by atoms with van der Waals surface area (Å²) in [4.78, 5) is 38.3. The number of aryl methyl sites for hydroxylation is 1. The van der Waals surface area contributed by atoms with Crippen molar-refractivity contribution < 1.29 is 14.0 Å². The van der Waals surface area contributed by atoms with Gasteiger partial charge >= 0.3 is 0 Å². The van der Waals surface area contributed by atoms with Gasteiger partial charge in [-0.2, -0.15) is 0 Å². The van der Waals surface area contributed by atoms with Gasteiger partial charge in [-0.15, -0.1) is 0 Å². The highest BCUT2D eigenvalue weighted by Crippen LogP contribution is 2.45. The molecule has 2 aliphatic rings. The summed E-state index contributed by atoms with van der Waals surface area (Å²) in [5.41, 5.74) is 1.90. The lowest BCUT2D eigenvalue weighted by Gasteiger charge is -2.29. The lowest BCUT2D eigenvalue weighted by Crippen LogP contribution is -2.38. The van der Waals surface area contributed by atoms with Crippen LogP contribution in [0.5, 0.6) is 0 Å². The minimum atomic E-state index is -0.106. The number of carbonyl (C=O) groups is 2. The van der Waals surface area contributed by atoms with Crippen LogP contribution >= 0.6 is 0 Å². The third kappa shape index (κ3) is 3.07. The number of fused-ring (bicyclic) bond motifs is 1. The van der Waals surface area contributed by atoms with Crippen LogP contribution in [-0.2, 0) is 0 Å². The quantitative estimate of drug-likeness (QED) is 0.673. The normalized spacial score (nSPS) is 22.9. The molecular formula is C23H22N4O3. The molecule has 0 saturated carbocycles. The van der Waals surface area contributed by atoms with Crippen molar-refractivity contribution in [1.82, 2.24) is 19.8 Å². The van der Waals surface area contributed by atoms with Crippen molar-refractivity contribution in [3.63, 3.8) is 0 Å². The summed E-state index contributed by atoms with van der Waals surface area (Å²) in [6.07, 6.45) is 2.95. The van der Waals surface area contributed by atoms with E-state index in [0.29, 0.717) is 36.8 Å². The largest absolute Gasteiger partial charge is 0.448 e. The Morgan fingerprint density at radius 3 is 2.47 bits per heavy atom. The summed E-state index contributed by atoms with van der Waals surface area (Å²) in [6, 6.07) is 15.3. The highest BCUT2D eigenvalue weighted by molar-refractivity contribution is 5.94. The molecule has 3 aromatic rings. The Balaban J connectivity index is 1.44. The average Bonchev–Trinajstić information content (AvgIpc) is 3.48. The van der Waals surface area contributed by atoms with E-state index >= 15 is 0 Å². The second kappa shape index (κ2) is 7.40. The van der Waals surface area contributed by atoms with Crippen molar-refractivity contribution in [2.24, 2.45) is 11.8 Å². The SMILES string of the molecule is Cc1ocnc1C(=O)N1C[C@H]2CN(C(=O)c3ccccn3)[C@H](c3ccccc3)[C@H]2C1. The topological polar surface area (TPSA) is 79.5 Å². The van der Waals surface area contributed by atoms with Crippen molar-refractivity contribution in [1.29, 1.82) is 0 Å². The molecule has 4 heterocycles. The molecule has 0 radical (unpaired) electrons. The summed E-state index contributed by atoms with van der Waals surface area (Å²) < 4.78 is 5.21. The van der Waals surface area contributed by atoms with E-state index in [-0.39, 0.29) is 29.7 Å². The molecule has 5 rings (SSSR count). The molecule has 2 aromatic heterocycles.